The van der Waals surface area contributed by atoms with Crippen LogP contribution in [0.2, 0.25) is 15.2 Å². The third-order valence-corrected chi connectivity index (χ3v) is 5.64. The molecule has 2 aromatic carbocycles. The molecule has 0 aliphatic carbocycles. The van der Waals surface area contributed by atoms with E-state index in [2.05, 4.69) is 35.5 Å². The highest BCUT2D eigenvalue weighted by molar-refractivity contribution is 6.42. The maximum Gasteiger partial charge on any atom is 0.143 e. The summed E-state index contributed by atoms with van der Waals surface area (Å²) in [6.45, 7) is 4.82. The van der Waals surface area contributed by atoms with Crippen molar-refractivity contribution in [2.45, 2.75) is 20.4 Å². The average molecular weight is 417 g/mol. The van der Waals surface area contributed by atoms with E-state index in [1.54, 1.807) is 12.3 Å². The number of pyridine rings is 1. The van der Waals surface area contributed by atoms with Crippen LogP contribution in [0, 0.1) is 13.8 Å². The first kappa shape index (κ1) is 18.3. The highest BCUT2D eigenvalue weighted by Gasteiger charge is 2.15. The molecule has 0 bridgehead atoms. The maximum absolute atomic E-state index is 6.21. The van der Waals surface area contributed by atoms with Gasteiger partial charge in [0.1, 0.15) is 11.0 Å². The summed E-state index contributed by atoms with van der Waals surface area (Å²) in [6, 6.07) is 13.7. The molecule has 0 atom stereocenters. The number of fused-ring (bicyclic) bond motifs is 1. The van der Waals surface area contributed by atoms with Crippen molar-refractivity contribution in [3.05, 3.63) is 80.6 Å². The van der Waals surface area contributed by atoms with Crippen molar-refractivity contribution in [2.24, 2.45) is 0 Å². The number of rotatable bonds is 3. The molecule has 0 saturated carbocycles. The normalized spacial score (nSPS) is 11.3. The van der Waals surface area contributed by atoms with Gasteiger partial charge in [-0.25, -0.2) is 9.97 Å². The second-order valence-electron chi connectivity index (χ2n) is 6.56. The third-order valence-electron chi connectivity index (χ3n) is 4.67. The molecular weight excluding hydrogens is 401 g/mol. The van der Waals surface area contributed by atoms with Crippen LogP contribution in [-0.2, 0) is 6.54 Å². The van der Waals surface area contributed by atoms with Gasteiger partial charge in [0, 0.05) is 18.3 Å². The standard InChI is InChI=1S/C21H16Cl3N3/c1-12-7-18-19(8-13(12)2)27(11-14-3-5-16(22)17(23)9-14)21(26-18)15-4-6-20(24)25-10-15/h3-10H,11H2,1-2H3. The van der Waals surface area contributed by atoms with Crippen molar-refractivity contribution < 1.29 is 0 Å². The highest BCUT2D eigenvalue weighted by Crippen LogP contribution is 2.29. The average Bonchev–Trinajstić information content (AvgIpc) is 2.97. The molecule has 3 nitrogen and oxygen atoms in total. The number of aromatic nitrogens is 3. The molecule has 0 aliphatic heterocycles. The Balaban J connectivity index is 1.92. The molecule has 0 unspecified atom stereocenters. The van der Waals surface area contributed by atoms with Crippen LogP contribution >= 0.6 is 34.8 Å². The summed E-state index contributed by atoms with van der Waals surface area (Å²) in [4.78, 5) is 9.08. The number of halogens is 3. The van der Waals surface area contributed by atoms with Crippen LogP contribution in [0.25, 0.3) is 22.4 Å². The van der Waals surface area contributed by atoms with Gasteiger partial charge in [-0.05, 0) is 66.9 Å². The lowest BCUT2D eigenvalue weighted by Gasteiger charge is -2.11. The first-order chi connectivity index (χ1) is 12.9. The lowest BCUT2D eigenvalue weighted by molar-refractivity contribution is 0.833. The van der Waals surface area contributed by atoms with Gasteiger partial charge in [-0.3, -0.25) is 0 Å². The van der Waals surface area contributed by atoms with Crippen LogP contribution in [0.1, 0.15) is 16.7 Å². The van der Waals surface area contributed by atoms with Crippen molar-refractivity contribution in [1.29, 1.82) is 0 Å². The van der Waals surface area contributed by atoms with Crippen LogP contribution < -0.4 is 0 Å². The zero-order valence-electron chi connectivity index (χ0n) is 14.8. The molecule has 0 N–H and O–H groups in total. The molecule has 0 spiro atoms. The molecule has 0 radical (unpaired) electrons. The van der Waals surface area contributed by atoms with Gasteiger partial charge >= 0.3 is 0 Å². The van der Waals surface area contributed by atoms with E-state index in [1.165, 1.54) is 11.1 Å². The van der Waals surface area contributed by atoms with E-state index in [1.807, 2.05) is 24.3 Å². The lowest BCUT2D eigenvalue weighted by atomic mass is 10.1. The maximum atomic E-state index is 6.21. The van der Waals surface area contributed by atoms with Gasteiger partial charge in [-0.15, -0.1) is 0 Å². The second kappa shape index (κ2) is 7.16. The quantitative estimate of drug-likeness (QED) is 0.347. The van der Waals surface area contributed by atoms with E-state index >= 15 is 0 Å². The zero-order chi connectivity index (χ0) is 19.1. The minimum atomic E-state index is 0.456. The Labute approximate surface area is 172 Å². The summed E-state index contributed by atoms with van der Waals surface area (Å²) in [5.74, 6) is 0.838. The fourth-order valence-electron chi connectivity index (χ4n) is 3.09. The van der Waals surface area contributed by atoms with Gasteiger partial charge in [0.05, 0.1) is 21.1 Å². The van der Waals surface area contributed by atoms with Gasteiger partial charge in [0.15, 0.2) is 0 Å². The molecule has 4 rings (SSSR count). The molecule has 27 heavy (non-hydrogen) atoms. The van der Waals surface area contributed by atoms with Crippen LogP contribution in [-0.4, -0.2) is 14.5 Å². The minimum absolute atomic E-state index is 0.456. The molecule has 0 aliphatic rings. The Kier molecular flexibility index (Phi) is 4.85. The van der Waals surface area contributed by atoms with Crippen LogP contribution in [0.15, 0.2) is 48.7 Å². The topological polar surface area (TPSA) is 30.7 Å². The number of aryl methyl sites for hydroxylation is 2. The van der Waals surface area contributed by atoms with Crippen molar-refractivity contribution in [1.82, 2.24) is 14.5 Å². The molecule has 136 valence electrons. The molecule has 0 saturated heterocycles. The fraction of sp³-hybridized carbons (Fsp3) is 0.143. The number of hydrogen-bond acceptors (Lipinski definition) is 2. The highest BCUT2D eigenvalue weighted by atomic mass is 35.5. The Hall–Kier alpha value is -2.07. The van der Waals surface area contributed by atoms with Gasteiger partial charge in [0.2, 0.25) is 0 Å². The molecule has 0 fully saturated rings. The smallest absolute Gasteiger partial charge is 0.143 e. The van der Waals surface area contributed by atoms with Crippen LogP contribution in [0.5, 0.6) is 0 Å². The summed E-state index contributed by atoms with van der Waals surface area (Å²) < 4.78 is 2.17. The van der Waals surface area contributed by atoms with E-state index < -0.39 is 0 Å². The molecule has 2 heterocycles. The Bertz CT molecular complexity index is 1150. The molecule has 0 amide bonds. The van der Waals surface area contributed by atoms with Gasteiger partial charge in [0.25, 0.3) is 0 Å². The predicted octanol–water partition coefficient (Wildman–Crippen LogP) is 6.72. The number of hydrogen-bond donors (Lipinski definition) is 0. The Morgan fingerprint density at radius 3 is 2.37 bits per heavy atom. The van der Waals surface area contributed by atoms with Crippen LogP contribution in [0.4, 0.5) is 0 Å². The van der Waals surface area contributed by atoms with E-state index in [9.17, 15) is 0 Å². The summed E-state index contributed by atoms with van der Waals surface area (Å²) in [7, 11) is 0. The number of nitrogens with zero attached hydrogens (tertiary/aromatic N) is 3. The lowest BCUT2D eigenvalue weighted by Crippen LogP contribution is -2.03. The summed E-state index contributed by atoms with van der Waals surface area (Å²) in [6.07, 6.45) is 1.74. The largest absolute Gasteiger partial charge is 0.319 e. The van der Waals surface area contributed by atoms with Gasteiger partial charge in [-0.1, -0.05) is 40.9 Å². The summed E-state index contributed by atoms with van der Waals surface area (Å²) in [5.41, 5.74) is 6.40. The van der Waals surface area contributed by atoms with E-state index in [0.717, 1.165) is 28.0 Å². The Morgan fingerprint density at radius 1 is 0.889 bits per heavy atom. The zero-order valence-corrected chi connectivity index (χ0v) is 17.1. The van der Waals surface area contributed by atoms with E-state index in [4.69, 9.17) is 39.8 Å². The van der Waals surface area contributed by atoms with E-state index in [-0.39, 0.29) is 0 Å². The minimum Gasteiger partial charge on any atom is -0.319 e. The van der Waals surface area contributed by atoms with Crippen molar-refractivity contribution in [3.8, 4) is 11.4 Å². The number of benzene rings is 2. The molecule has 4 aromatic rings. The third kappa shape index (κ3) is 3.55. The summed E-state index contributed by atoms with van der Waals surface area (Å²) >= 11 is 18.2. The van der Waals surface area contributed by atoms with Crippen molar-refractivity contribution in [2.75, 3.05) is 0 Å². The fourth-order valence-corrected chi connectivity index (χ4v) is 3.52. The molecular formula is C21H16Cl3N3. The van der Waals surface area contributed by atoms with Crippen molar-refractivity contribution in [3.63, 3.8) is 0 Å². The van der Waals surface area contributed by atoms with Gasteiger partial charge < -0.3 is 4.57 Å². The first-order valence-corrected chi connectivity index (χ1v) is 9.59. The second-order valence-corrected chi connectivity index (χ2v) is 7.77. The van der Waals surface area contributed by atoms with Crippen molar-refractivity contribution >= 4 is 45.8 Å². The molecule has 6 heteroatoms. The van der Waals surface area contributed by atoms with Gasteiger partial charge in [-0.2, -0.15) is 0 Å². The number of imidazole rings is 1. The SMILES string of the molecule is Cc1cc2nc(-c3ccc(Cl)nc3)n(Cc3ccc(Cl)c(Cl)c3)c2cc1C. The van der Waals surface area contributed by atoms with E-state index in [0.29, 0.717) is 21.7 Å². The summed E-state index contributed by atoms with van der Waals surface area (Å²) in [5, 5.41) is 1.54. The predicted molar refractivity (Wildman–Crippen MR) is 113 cm³/mol. The monoisotopic (exact) mass is 415 g/mol. The Morgan fingerprint density at radius 2 is 1.67 bits per heavy atom. The first-order valence-electron chi connectivity index (χ1n) is 8.46. The van der Waals surface area contributed by atoms with Crippen LogP contribution in [0.3, 0.4) is 0 Å². The molecule has 2 aromatic heterocycles.